The van der Waals surface area contributed by atoms with Gasteiger partial charge in [-0.05, 0) is 33.8 Å². The normalized spacial score (nSPS) is 30.7. The third-order valence-corrected chi connectivity index (χ3v) is 12.5. The van der Waals surface area contributed by atoms with Gasteiger partial charge in [0, 0.05) is 74.2 Å². The van der Waals surface area contributed by atoms with E-state index in [-0.39, 0.29) is 50.2 Å². The number of allylic oxidation sites excluding steroid dienone is 2. The fourth-order valence-corrected chi connectivity index (χ4v) is 8.94. The molecule has 3 aromatic rings. The number of hydrogen-bond acceptors (Lipinski definition) is 14. The third-order valence-electron chi connectivity index (χ3n) is 11.4. The van der Waals surface area contributed by atoms with Crippen LogP contribution in [0.5, 0.6) is 17.2 Å². The number of esters is 1. The molecule has 5 rings (SSSR count). The van der Waals surface area contributed by atoms with E-state index in [1.54, 1.807) is 65.8 Å². The fourth-order valence-electron chi connectivity index (χ4n) is 7.74. The van der Waals surface area contributed by atoms with E-state index in [1.807, 2.05) is 18.7 Å². The molecule has 0 spiro atoms. The summed E-state index contributed by atoms with van der Waals surface area (Å²) in [4.78, 5) is 47.5. The van der Waals surface area contributed by atoms with E-state index in [0.717, 1.165) is 0 Å². The zero-order chi connectivity index (χ0) is 42.3. The van der Waals surface area contributed by atoms with Gasteiger partial charge >= 0.3 is 11.8 Å². The standard InChI is InChI=1S/C42H55N3O11S/c1-12-45(13-2)41-44-30-27-28-34(49)24(8)37-29(27)39(51)42(10,56-37)54-18-17-26(53-11)21(5)36(55-25(9)46)23(7)33(48)22(6)32(47)19(3)15-14-16-20(4)40(52)43-31(35(28)50)38(30)57-41/h14-19,21-23,26,32-33,36,47-50H,12-13H2,1-11H3,(H,43,52)/b15-14+,18-17-,20-16+. The first-order chi connectivity index (χ1) is 26.8. The Balaban J connectivity index is 1.75. The van der Waals surface area contributed by atoms with Crippen LogP contribution in [0.15, 0.2) is 36.1 Å². The highest BCUT2D eigenvalue weighted by molar-refractivity contribution is 7.23. The predicted octanol–water partition coefficient (Wildman–Crippen LogP) is 6.50. The molecule has 9 atom stereocenters. The van der Waals surface area contributed by atoms with Gasteiger partial charge in [-0.2, -0.15) is 0 Å². The number of rotatable bonds is 5. The lowest BCUT2D eigenvalue weighted by atomic mass is 9.78. The minimum Gasteiger partial charge on any atom is -0.507 e. The highest BCUT2D eigenvalue weighted by Crippen LogP contribution is 2.55. The van der Waals surface area contributed by atoms with E-state index in [9.17, 15) is 34.8 Å². The van der Waals surface area contributed by atoms with Gasteiger partial charge in [-0.25, -0.2) is 4.98 Å². The monoisotopic (exact) mass is 809 g/mol. The zero-order valence-corrected chi connectivity index (χ0v) is 35.2. The van der Waals surface area contributed by atoms with Crippen molar-refractivity contribution in [2.45, 2.75) is 99.4 Å². The molecule has 1 aromatic heterocycles. The van der Waals surface area contributed by atoms with E-state index in [0.29, 0.717) is 22.9 Å². The van der Waals surface area contributed by atoms with Crippen molar-refractivity contribution in [3.05, 3.63) is 47.3 Å². The number of ketones is 1. The molecule has 2 aromatic carbocycles. The van der Waals surface area contributed by atoms with Crippen LogP contribution in [-0.4, -0.2) is 93.5 Å². The number of phenolic OH excluding ortho intramolecular Hbond substituents is 2. The summed E-state index contributed by atoms with van der Waals surface area (Å²) in [5.74, 6) is -6.80. The lowest BCUT2D eigenvalue weighted by molar-refractivity contribution is -0.160. The molecule has 2 aliphatic heterocycles. The van der Waals surface area contributed by atoms with Gasteiger partial charge in [-0.3, -0.25) is 14.4 Å². The summed E-state index contributed by atoms with van der Waals surface area (Å²) >= 11 is 1.22. The SMILES string of the molecule is CCN(CC)c1nc2c(s1)c1c(O)c3c(O)c(C)c4c(c32)C(=O)C(C)(O/C=C\C(OC)C(C)C(OC(C)=O)C(C)C(O)C(C)C(O)C(C)/C=C/C=C(\C)C(=O)N1)O4. The van der Waals surface area contributed by atoms with Crippen molar-refractivity contribution in [1.29, 1.82) is 0 Å². The Bertz CT molecular complexity index is 2140. The highest BCUT2D eigenvalue weighted by atomic mass is 32.1. The summed E-state index contributed by atoms with van der Waals surface area (Å²) in [5, 5.41) is 49.9. The summed E-state index contributed by atoms with van der Waals surface area (Å²) in [5.41, 5.74) is 0.740. The maximum atomic E-state index is 14.5. The Hall–Kier alpha value is -4.70. The van der Waals surface area contributed by atoms with Crippen molar-refractivity contribution in [3.63, 3.8) is 0 Å². The molecule has 310 valence electrons. The van der Waals surface area contributed by atoms with Crippen LogP contribution in [0.4, 0.5) is 10.8 Å². The molecular weight excluding hydrogens is 755 g/mol. The van der Waals surface area contributed by atoms with Crippen LogP contribution in [0.2, 0.25) is 0 Å². The second-order valence-corrected chi connectivity index (χ2v) is 16.2. The van der Waals surface area contributed by atoms with E-state index >= 15 is 0 Å². The molecule has 3 heterocycles. The molecule has 2 aliphatic rings. The van der Waals surface area contributed by atoms with E-state index < -0.39 is 77.3 Å². The number of methoxy groups -OCH3 is 1. The Morgan fingerprint density at radius 3 is 2.28 bits per heavy atom. The number of thiazole rings is 1. The van der Waals surface area contributed by atoms with Gasteiger partial charge in [0.15, 0.2) is 10.9 Å². The summed E-state index contributed by atoms with van der Waals surface area (Å²) in [6.45, 7) is 18.0. The van der Waals surface area contributed by atoms with Gasteiger partial charge in [-0.1, -0.05) is 57.3 Å². The number of aromatic hydroxyl groups is 2. The number of carbonyl (C=O) groups is 3. The van der Waals surface area contributed by atoms with Crippen LogP contribution in [0.3, 0.4) is 0 Å². The van der Waals surface area contributed by atoms with Crippen molar-refractivity contribution < 1.29 is 53.8 Å². The first-order valence-electron chi connectivity index (χ1n) is 19.2. The minimum absolute atomic E-state index is 0.0139. The van der Waals surface area contributed by atoms with Gasteiger partial charge in [0.05, 0.1) is 45.7 Å². The number of amides is 1. The molecular formula is C42H55N3O11S. The Labute approximate surface area is 336 Å². The number of nitrogens with one attached hydrogen (secondary N) is 1. The summed E-state index contributed by atoms with van der Waals surface area (Å²) in [6.07, 6.45) is 3.95. The van der Waals surface area contributed by atoms with Gasteiger partial charge in [0.25, 0.3) is 11.7 Å². The Kier molecular flexibility index (Phi) is 13.0. The van der Waals surface area contributed by atoms with Gasteiger partial charge in [0.1, 0.15) is 23.3 Å². The van der Waals surface area contributed by atoms with E-state index in [1.165, 1.54) is 38.6 Å². The van der Waals surface area contributed by atoms with Crippen LogP contribution in [-0.2, 0) is 23.8 Å². The molecule has 0 fully saturated rings. The average molecular weight is 810 g/mol. The topological polar surface area (TPSA) is 197 Å². The number of carbonyl (C=O) groups excluding carboxylic acids is 3. The van der Waals surface area contributed by atoms with Crippen LogP contribution >= 0.6 is 11.3 Å². The number of aliphatic hydroxyl groups excluding tert-OH is 2. The maximum Gasteiger partial charge on any atom is 0.312 e. The minimum atomic E-state index is -1.94. The quantitative estimate of drug-likeness (QED) is 0.138. The molecule has 14 nitrogen and oxygen atoms in total. The molecule has 9 unspecified atom stereocenters. The number of nitrogens with zero attached hydrogens (tertiary/aromatic N) is 2. The number of anilines is 2. The fraction of sp³-hybridized carbons (Fsp3) is 0.524. The van der Waals surface area contributed by atoms with Crippen LogP contribution in [0, 0.1) is 30.6 Å². The molecule has 0 aliphatic carbocycles. The molecule has 57 heavy (non-hydrogen) atoms. The molecule has 5 N–H and O–H groups in total. The van der Waals surface area contributed by atoms with Crippen molar-refractivity contribution in [2.24, 2.45) is 23.7 Å². The second kappa shape index (κ2) is 17.0. The zero-order valence-electron chi connectivity index (χ0n) is 34.4. The number of aromatic nitrogens is 1. The van der Waals surface area contributed by atoms with E-state index in [2.05, 4.69) is 5.32 Å². The largest absolute Gasteiger partial charge is 0.507 e. The number of fused-ring (bicyclic) bond motifs is 1. The van der Waals surface area contributed by atoms with Crippen molar-refractivity contribution in [3.8, 4) is 17.2 Å². The van der Waals surface area contributed by atoms with Gasteiger partial charge < -0.3 is 49.6 Å². The van der Waals surface area contributed by atoms with Crippen molar-refractivity contribution in [1.82, 2.24) is 4.98 Å². The third kappa shape index (κ3) is 7.94. The van der Waals surface area contributed by atoms with Crippen LogP contribution < -0.4 is 15.0 Å². The van der Waals surface area contributed by atoms with Crippen LogP contribution in [0.25, 0.3) is 21.0 Å². The highest BCUT2D eigenvalue weighted by Gasteiger charge is 2.50. The maximum absolute atomic E-state index is 14.5. The van der Waals surface area contributed by atoms with Crippen molar-refractivity contribution >= 4 is 60.8 Å². The Morgan fingerprint density at radius 1 is 1.00 bits per heavy atom. The molecule has 1 amide bonds. The van der Waals surface area contributed by atoms with E-state index in [4.69, 9.17) is 23.9 Å². The van der Waals surface area contributed by atoms with Crippen molar-refractivity contribution in [2.75, 3.05) is 30.4 Å². The summed E-state index contributed by atoms with van der Waals surface area (Å²) in [7, 11) is 1.46. The van der Waals surface area contributed by atoms with Gasteiger partial charge in [0.2, 0.25) is 0 Å². The summed E-state index contributed by atoms with van der Waals surface area (Å²) in [6, 6.07) is 0. The predicted molar refractivity (Wildman–Crippen MR) is 219 cm³/mol. The number of hydrogen-bond donors (Lipinski definition) is 5. The lowest BCUT2D eigenvalue weighted by Crippen LogP contribution is -2.46. The molecule has 0 saturated heterocycles. The number of benzene rings is 2. The molecule has 0 saturated carbocycles. The smallest absolute Gasteiger partial charge is 0.312 e. The average Bonchev–Trinajstić information content (AvgIpc) is 3.72. The second-order valence-electron chi connectivity index (χ2n) is 15.2. The number of Topliss-reactive ketones (excluding diaryl/α,β-unsaturated/α-hetero) is 1. The molecule has 4 bridgehead atoms. The molecule has 15 heteroatoms. The number of aliphatic hydroxyl groups is 2. The first kappa shape index (κ1) is 43.4. The van der Waals surface area contributed by atoms with Gasteiger partial charge in [-0.15, -0.1) is 0 Å². The first-order valence-corrected chi connectivity index (χ1v) is 20.0. The van der Waals surface area contributed by atoms with Crippen LogP contribution in [0.1, 0.15) is 78.2 Å². The lowest BCUT2D eigenvalue weighted by Gasteiger charge is -2.38. The Morgan fingerprint density at radius 2 is 1.67 bits per heavy atom. The molecule has 0 radical (unpaired) electrons. The number of ether oxygens (including phenoxy) is 4. The summed E-state index contributed by atoms with van der Waals surface area (Å²) < 4.78 is 24.2. The number of phenols is 2.